The van der Waals surface area contributed by atoms with Gasteiger partial charge in [-0.25, -0.2) is 0 Å². The third kappa shape index (κ3) is 5.82. The molecule has 0 bridgehead atoms. The lowest BCUT2D eigenvalue weighted by Gasteiger charge is -2.30. The molecular weight excluding hydrogens is 502 g/mol. The van der Waals surface area contributed by atoms with Gasteiger partial charge in [-0.3, -0.25) is 10.2 Å². The largest absolute Gasteiger partial charge is 0.453 e. The van der Waals surface area contributed by atoms with Crippen LogP contribution in [0.3, 0.4) is 0 Å². The maximum absolute atomic E-state index is 6.43. The topological polar surface area (TPSA) is 107 Å². The van der Waals surface area contributed by atoms with Crippen LogP contribution in [0.25, 0.3) is 5.57 Å². The first kappa shape index (κ1) is 24.9. The molecular formula is C27H28N6O2P2. The molecule has 5 rings (SSSR count). The third-order valence-corrected chi connectivity index (χ3v) is 8.91. The zero-order valence-electron chi connectivity index (χ0n) is 20.6. The molecule has 1 aliphatic heterocycles. The van der Waals surface area contributed by atoms with E-state index in [-0.39, 0.29) is 5.95 Å². The van der Waals surface area contributed by atoms with Crippen LogP contribution >= 0.6 is 16.6 Å². The summed E-state index contributed by atoms with van der Waals surface area (Å²) >= 11 is 0. The SMILES string of the molecule is CC=CC(=CC)P(Nc1nc(N)nc(NP2OC3=C(C=CCC3)c3ccccc32)n1)Oc1ccccc1. The highest BCUT2D eigenvalue weighted by Crippen LogP contribution is 2.49. The Hall–Kier alpha value is -3.73. The summed E-state index contributed by atoms with van der Waals surface area (Å²) in [7, 11) is -2.57. The molecule has 0 amide bonds. The Kier molecular flexibility index (Phi) is 7.79. The van der Waals surface area contributed by atoms with Gasteiger partial charge in [0.15, 0.2) is 0 Å². The van der Waals surface area contributed by atoms with Crippen LogP contribution in [-0.2, 0) is 4.52 Å². The number of allylic oxidation sites excluding steroid dienone is 8. The second-order valence-electron chi connectivity index (χ2n) is 8.16. The molecule has 3 aromatic rings. The minimum absolute atomic E-state index is 0.100. The van der Waals surface area contributed by atoms with Gasteiger partial charge in [-0.1, -0.05) is 66.8 Å². The van der Waals surface area contributed by atoms with Crippen LogP contribution in [0.15, 0.2) is 96.1 Å². The van der Waals surface area contributed by atoms with Gasteiger partial charge in [0.1, 0.15) is 11.5 Å². The number of nitrogens with zero attached hydrogens (tertiary/aromatic N) is 3. The highest BCUT2D eigenvalue weighted by atomic mass is 31.2. The van der Waals surface area contributed by atoms with E-state index < -0.39 is 16.6 Å². The molecule has 0 fully saturated rings. The van der Waals surface area contributed by atoms with E-state index in [4.69, 9.17) is 14.8 Å². The quantitative estimate of drug-likeness (QED) is 0.214. The Morgan fingerprint density at radius 1 is 1.05 bits per heavy atom. The molecule has 188 valence electrons. The molecule has 0 saturated heterocycles. The van der Waals surface area contributed by atoms with E-state index >= 15 is 0 Å². The highest BCUT2D eigenvalue weighted by molar-refractivity contribution is 7.62. The first-order chi connectivity index (χ1) is 18.1. The molecule has 2 atom stereocenters. The lowest BCUT2D eigenvalue weighted by molar-refractivity contribution is 0.452. The van der Waals surface area contributed by atoms with Crippen molar-refractivity contribution in [3.05, 3.63) is 102 Å². The van der Waals surface area contributed by atoms with Crippen LogP contribution in [0, 0.1) is 0 Å². The molecule has 1 aliphatic carbocycles. The van der Waals surface area contributed by atoms with E-state index in [2.05, 4.69) is 49.4 Å². The van der Waals surface area contributed by atoms with Gasteiger partial charge in [0.2, 0.25) is 34.4 Å². The van der Waals surface area contributed by atoms with E-state index in [1.807, 2.05) is 74.5 Å². The number of aromatic nitrogens is 3. The fourth-order valence-electron chi connectivity index (χ4n) is 3.95. The zero-order chi connectivity index (χ0) is 25.6. The maximum atomic E-state index is 6.43. The van der Waals surface area contributed by atoms with Crippen molar-refractivity contribution in [3.8, 4) is 5.75 Å². The Morgan fingerprint density at radius 2 is 1.84 bits per heavy atom. The fourth-order valence-corrected chi connectivity index (χ4v) is 6.96. The molecule has 8 nitrogen and oxygen atoms in total. The third-order valence-electron chi connectivity index (χ3n) is 5.60. The summed E-state index contributed by atoms with van der Waals surface area (Å²) in [5.74, 6) is 2.50. The van der Waals surface area contributed by atoms with E-state index in [9.17, 15) is 0 Å². The summed E-state index contributed by atoms with van der Waals surface area (Å²) < 4.78 is 12.7. The number of nitrogens with one attached hydrogen (secondary N) is 2. The Morgan fingerprint density at radius 3 is 2.65 bits per heavy atom. The van der Waals surface area contributed by atoms with Crippen molar-refractivity contribution in [3.63, 3.8) is 0 Å². The molecule has 0 spiro atoms. The number of nitrogens with two attached hydrogens (primary N) is 1. The number of benzene rings is 2. The highest BCUT2D eigenvalue weighted by Gasteiger charge is 2.29. The molecule has 2 unspecified atom stereocenters. The van der Waals surface area contributed by atoms with Gasteiger partial charge in [-0.05, 0) is 44.0 Å². The summed E-state index contributed by atoms with van der Waals surface area (Å²) in [5.41, 5.74) is 8.42. The molecule has 0 saturated carbocycles. The number of nitrogen functional groups attached to an aromatic ring is 1. The first-order valence-corrected chi connectivity index (χ1v) is 14.5. The van der Waals surface area contributed by atoms with Crippen LogP contribution < -0.4 is 25.7 Å². The van der Waals surface area contributed by atoms with Gasteiger partial charge in [0, 0.05) is 22.6 Å². The summed E-state index contributed by atoms with van der Waals surface area (Å²) in [4.78, 5) is 13.3. The summed E-state index contributed by atoms with van der Waals surface area (Å²) in [6.07, 6.45) is 12.1. The van der Waals surface area contributed by atoms with Crippen molar-refractivity contribution in [1.82, 2.24) is 15.0 Å². The number of fused-ring (bicyclic) bond motifs is 2. The number of para-hydroxylation sites is 1. The van der Waals surface area contributed by atoms with Crippen molar-refractivity contribution < 1.29 is 9.05 Å². The van der Waals surface area contributed by atoms with Crippen LogP contribution in [-0.4, -0.2) is 15.0 Å². The molecule has 4 N–H and O–H groups in total. The van der Waals surface area contributed by atoms with Crippen molar-refractivity contribution in [1.29, 1.82) is 0 Å². The number of hydrogen-bond acceptors (Lipinski definition) is 8. The molecule has 2 aromatic carbocycles. The van der Waals surface area contributed by atoms with Crippen LogP contribution in [0.1, 0.15) is 32.3 Å². The standard InChI is InChI=1S/C27H28N6O2P2/c1-3-12-20(4-2)36(34-19-13-6-5-7-14-19)32-26-29-25(28)30-27(31-26)33-37-24-18-11-9-16-22(24)21-15-8-10-17-23(21)35-37/h3-9,11-16,18H,10,17H2,1-2H3,(H4,28,29,30,31,32,33). The summed E-state index contributed by atoms with van der Waals surface area (Å²) in [6, 6.07) is 17.9. The summed E-state index contributed by atoms with van der Waals surface area (Å²) in [5, 5.41) is 8.78. The predicted octanol–water partition coefficient (Wildman–Crippen LogP) is 6.88. The van der Waals surface area contributed by atoms with Crippen LogP contribution in [0.4, 0.5) is 17.8 Å². The number of rotatable bonds is 8. The molecule has 2 heterocycles. The molecule has 2 aliphatic rings. The minimum Gasteiger partial charge on any atom is -0.453 e. The lowest BCUT2D eigenvalue weighted by atomic mass is 9.98. The normalized spacial score (nSPS) is 17.6. The molecule has 10 heteroatoms. The average Bonchev–Trinajstić information content (AvgIpc) is 2.92. The predicted molar refractivity (Wildman–Crippen MR) is 153 cm³/mol. The summed E-state index contributed by atoms with van der Waals surface area (Å²) in [6.45, 7) is 3.94. The molecule has 0 radical (unpaired) electrons. The zero-order valence-corrected chi connectivity index (χ0v) is 22.4. The number of anilines is 3. The van der Waals surface area contributed by atoms with E-state index in [0.717, 1.165) is 40.5 Å². The average molecular weight is 531 g/mol. The van der Waals surface area contributed by atoms with Crippen LogP contribution in [0.5, 0.6) is 5.75 Å². The molecule has 37 heavy (non-hydrogen) atoms. The minimum atomic E-state index is -1.33. The first-order valence-electron chi connectivity index (χ1n) is 12.0. The van der Waals surface area contributed by atoms with Crippen molar-refractivity contribution in [2.24, 2.45) is 0 Å². The van der Waals surface area contributed by atoms with Gasteiger partial charge in [0.25, 0.3) is 0 Å². The lowest BCUT2D eigenvalue weighted by Crippen LogP contribution is -2.21. The number of hydrogen-bond donors (Lipinski definition) is 3. The Bertz CT molecular complexity index is 1390. The maximum Gasteiger partial charge on any atom is 0.235 e. The second-order valence-corrected chi connectivity index (χ2v) is 11.1. The van der Waals surface area contributed by atoms with Gasteiger partial charge in [-0.15, -0.1) is 0 Å². The molecule has 1 aromatic heterocycles. The van der Waals surface area contributed by atoms with E-state index in [0.29, 0.717) is 11.9 Å². The Labute approximate surface area is 219 Å². The van der Waals surface area contributed by atoms with E-state index in [1.54, 1.807) is 0 Å². The van der Waals surface area contributed by atoms with E-state index in [1.165, 1.54) is 5.56 Å². The van der Waals surface area contributed by atoms with Gasteiger partial charge in [-0.2, -0.15) is 15.0 Å². The van der Waals surface area contributed by atoms with Crippen LogP contribution in [0.2, 0.25) is 0 Å². The fraction of sp³-hybridized carbons (Fsp3) is 0.148. The van der Waals surface area contributed by atoms with Gasteiger partial charge >= 0.3 is 0 Å². The smallest absolute Gasteiger partial charge is 0.235 e. The second kappa shape index (κ2) is 11.5. The van der Waals surface area contributed by atoms with Crippen molar-refractivity contribution in [2.75, 3.05) is 15.9 Å². The van der Waals surface area contributed by atoms with Gasteiger partial charge < -0.3 is 14.8 Å². The van der Waals surface area contributed by atoms with Crippen molar-refractivity contribution >= 4 is 45.3 Å². The van der Waals surface area contributed by atoms with Gasteiger partial charge in [0.05, 0.1) is 0 Å². The van der Waals surface area contributed by atoms with Crippen molar-refractivity contribution in [2.45, 2.75) is 26.7 Å². The Balaban J connectivity index is 1.42. The monoisotopic (exact) mass is 530 g/mol.